The molecule has 1 unspecified atom stereocenters. The van der Waals surface area contributed by atoms with E-state index in [0.29, 0.717) is 12.2 Å². The number of thioether (sulfide) groups is 1. The molecule has 25 heavy (non-hydrogen) atoms. The fourth-order valence-electron chi connectivity index (χ4n) is 3.41. The highest BCUT2D eigenvalue weighted by atomic mass is 32.2. The third-order valence-corrected chi connectivity index (χ3v) is 5.95. The zero-order chi connectivity index (χ0) is 18.7. The maximum atomic E-state index is 12.1. The molecular formula is C20H34O4S. The molecule has 4 nitrogen and oxygen atoms in total. The SMILES string of the molecule is CCCCCC(C)(O)C=C[C@H]1CCC(=O)[C@@H]1CCCCSCC(=O)O. The highest BCUT2D eigenvalue weighted by Gasteiger charge is 2.32. The second-order valence-corrected chi connectivity index (χ2v) is 8.50. The fraction of sp³-hybridized carbons (Fsp3) is 0.800. The molecule has 1 aliphatic rings. The molecule has 1 rings (SSSR count). The van der Waals surface area contributed by atoms with Crippen LogP contribution in [0.4, 0.5) is 0 Å². The summed E-state index contributed by atoms with van der Waals surface area (Å²) in [5.74, 6) is 0.885. The van der Waals surface area contributed by atoms with Crippen LogP contribution in [0, 0.1) is 11.8 Å². The van der Waals surface area contributed by atoms with E-state index in [1.807, 2.05) is 13.0 Å². The highest BCUT2D eigenvalue weighted by Crippen LogP contribution is 2.34. The van der Waals surface area contributed by atoms with Crippen LogP contribution in [0.5, 0.6) is 0 Å². The van der Waals surface area contributed by atoms with Crippen LogP contribution in [0.2, 0.25) is 0 Å². The van der Waals surface area contributed by atoms with Gasteiger partial charge in [-0.25, -0.2) is 0 Å². The van der Waals surface area contributed by atoms with Gasteiger partial charge in [0.2, 0.25) is 0 Å². The standard InChI is InChI=1S/C20H34O4S/c1-3-4-6-12-20(2,24)13-11-16-9-10-18(21)17(16)8-5-7-14-25-15-19(22)23/h11,13,16-17,24H,3-10,12,14-15H2,1-2H3,(H,22,23)/t16-,17-,20?/m1/s1. The molecule has 0 aromatic heterocycles. The van der Waals surface area contributed by atoms with E-state index in [0.717, 1.165) is 57.1 Å². The van der Waals surface area contributed by atoms with Crippen molar-refractivity contribution in [3.05, 3.63) is 12.2 Å². The molecule has 0 spiro atoms. The first-order chi connectivity index (χ1) is 11.9. The number of carbonyl (C=O) groups excluding carboxylic acids is 1. The molecule has 1 fully saturated rings. The van der Waals surface area contributed by atoms with Gasteiger partial charge in [-0.2, -0.15) is 11.8 Å². The Morgan fingerprint density at radius 3 is 2.76 bits per heavy atom. The molecule has 0 aromatic carbocycles. The number of carboxylic acids is 1. The summed E-state index contributed by atoms with van der Waals surface area (Å²) in [4.78, 5) is 22.6. The lowest BCUT2D eigenvalue weighted by atomic mass is 9.88. The predicted octanol–water partition coefficient (Wildman–Crippen LogP) is 4.46. The molecule has 0 aliphatic heterocycles. The summed E-state index contributed by atoms with van der Waals surface area (Å²) in [6, 6.07) is 0. The van der Waals surface area contributed by atoms with Crippen molar-refractivity contribution >= 4 is 23.5 Å². The van der Waals surface area contributed by atoms with Crippen LogP contribution >= 0.6 is 11.8 Å². The van der Waals surface area contributed by atoms with Crippen molar-refractivity contribution in [3.63, 3.8) is 0 Å². The largest absolute Gasteiger partial charge is 0.481 e. The van der Waals surface area contributed by atoms with E-state index < -0.39 is 11.6 Å². The van der Waals surface area contributed by atoms with Gasteiger partial charge >= 0.3 is 5.97 Å². The van der Waals surface area contributed by atoms with Crippen molar-refractivity contribution in [2.24, 2.45) is 11.8 Å². The third-order valence-electron chi connectivity index (χ3n) is 4.92. The Morgan fingerprint density at radius 1 is 1.32 bits per heavy atom. The minimum atomic E-state index is -0.779. The number of hydrogen-bond donors (Lipinski definition) is 2. The van der Waals surface area contributed by atoms with Gasteiger partial charge in [0.25, 0.3) is 0 Å². The molecule has 2 N–H and O–H groups in total. The molecular weight excluding hydrogens is 336 g/mol. The van der Waals surface area contributed by atoms with E-state index in [2.05, 4.69) is 13.0 Å². The topological polar surface area (TPSA) is 74.6 Å². The average Bonchev–Trinajstić information content (AvgIpc) is 2.89. The number of unbranched alkanes of at least 4 members (excludes halogenated alkanes) is 3. The highest BCUT2D eigenvalue weighted by molar-refractivity contribution is 7.99. The van der Waals surface area contributed by atoms with Gasteiger partial charge in [-0.1, -0.05) is 44.8 Å². The molecule has 0 saturated heterocycles. The van der Waals surface area contributed by atoms with Crippen LogP contribution < -0.4 is 0 Å². The number of carboxylic acid groups (broad SMARTS) is 1. The van der Waals surface area contributed by atoms with Crippen LogP contribution in [0.3, 0.4) is 0 Å². The number of allylic oxidation sites excluding steroid dienone is 1. The van der Waals surface area contributed by atoms with Gasteiger partial charge in [-0.3, -0.25) is 9.59 Å². The number of aliphatic hydroxyl groups is 1. The quantitative estimate of drug-likeness (QED) is 0.370. The predicted molar refractivity (Wildman–Crippen MR) is 104 cm³/mol. The number of hydrogen-bond acceptors (Lipinski definition) is 4. The normalized spacial score (nSPS) is 23.2. The van der Waals surface area contributed by atoms with E-state index in [4.69, 9.17) is 5.11 Å². The first-order valence-electron chi connectivity index (χ1n) is 9.59. The smallest absolute Gasteiger partial charge is 0.313 e. The van der Waals surface area contributed by atoms with E-state index >= 15 is 0 Å². The van der Waals surface area contributed by atoms with Crippen molar-refractivity contribution in [3.8, 4) is 0 Å². The monoisotopic (exact) mass is 370 g/mol. The summed E-state index contributed by atoms with van der Waals surface area (Å²) in [6.07, 6.45) is 12.4. The molecule has 0 radical (unpaired) electrons. The maximum Gasteiger partial charge on any atom is 0.313 e. The Labute approximate surface area is 156 Å². The van der Waals surface area contributed by atoms with Crippen LogP contribution in [0.1, 0.15) is 71.6 Å². The lowest BCUT2D eigenvalue weighted by molar-refractivity contribution is -0.133. The van der Waals surface area contributed by atoms with Crippen LogP contribution in [0.15, 0.2) is 12.2 Å². The van der Waals surface area contributed by atoms with Crippen molar-refractivity contribution < 1.29 is 19.8 Å². The molecule has 0 amide bonds. The van der Waals surface area contributed by atoms with E-state index in [1.165, 1.54) is 11.8 Å². The Bertz CT molecular complexity index is 445. The molecule has 3 atom stereocenters. The number of aliphatic carboxylic acids is 1. The molecule has 5 heteroatoms. The van der Waals surface area contributed by atoms with Gasteiger partial charge in [0.15, 0.2) is 0 Å². The van der Waals surface area contributed by atoms with E-state index in [9.17, 15) is 14.7 Å². The first kappa shape index (κ1) is 22.2. The Balaban J connectivity index is 2.38. The molecule has 1 saturated carbocycles. The van der Waals surface area contributed by atoms with E-state index in [1.54, 1.807) is 0 Å². The average molecular weight is 371 g/mol. The second kappa shape index (κ2) is 11.7. The lowest BCUT2D eigenvalue weighted by Crippen LogP contribution is -2.21. The van der Waals surface area contributed by atoms with Crippen molar-refractivity contribution in [2.45, 2.75) is 77.2 Å². The van der Waals surface area contributed by atoms with Crippen molar-refractivity contribution in [1.29, 1.82) is 0 Å². The summed E-state index contributed by atoms with van der Waals surface area (Å²) in [7, 11) is 0. The molecule has 144 valence electrons. The van der Waals surface area contributed by atoms with Crippen molar-refractivity contribution in [1.82, 2.24) is 0 Å². The summed E-state index contributed by atoms with van der Waals surface area (Å²) in [6.45, 7) is 4.00. The summed E-state index contributed by atoms with van der Waals surface area (Å²) < 4.78 is 0. The molecule has 1 aliphatic carbocycles. The summed E-state index contributed by atoms with van der Waals surface area (Å²) in [5.41, 5.74) is -0.779. The minimum Gasteiger partial charge on any atom is -0.481 e. The van der Waals surface area contributed by atoms with Gasteiger partial charge in [0, 0.05) is 12.3 Å². The minimum absolute atomic E-state index is 0.0761. The number of ketones is 1. The number of Topliss-reactive ketones (excluding diaryl/α,β-unsaturated/α-hetero) is 1. The summed E-state index contributed by atoms with van der Waals surface area (Å²) >= 11 is 1.44. The van der Waals surface area contributed by atoms with Gasteiger partial charge in [0.05, 0.1) is 11.4 Å². The van der Waals surface area contributed by atoms with Gasteiger partial charge < -0.3 is 10.2 Å². The molecule has 0 heterocycles. The van der Waals surface area contributed by atoms with Crippen LogP contribution in [0.25, 0.3) is 0 Å². The van der Waals surface area contributed by atoms with Crippen molar-refractivity contribution in [2.75, 3.05) is 11.5 Å². The Kier molecular flexibility index (Phi) is 10.4. The zero-order valence-corrected chi connectivity index (χ0v) is 16.5. The van der Waals surface area contributed by atoms with E-state index in [-0.39, 0.29) is 17.6 Å². The Hall–Kier alpha value is -0.810. The zero-order valence-electron chi connectivity index (χ0n) is 15.7. The van der Waals surface area contributed by atoms with Crippen LogP contribution in [-0.4, -0.2) is 39.1 Å². The summed E-state index contributed by atoms with van der Waals surface area (Å²) in [5, 5.41) is 19.1. The lowest BCUT2D eigenvalue weighted by Gasteiger charge is -2.21. The van der Waals surface area contributed by atoms with Gasteiger partial charge in [0.1, 0.15) is 5.78 Å². The first-order valence-corrected chi connectivity index (χ1v) is 10.7. The maximum absolute atomic E-state index is 12.1. The van der Waals surface area contributed by atoms with Crippen LogP contribution in [-0.2, 0) is 9.59 Å². The molecule has 0 aromatic rings. The fourth-order valence-corrected chi connectivity index (χ4v) is 4.14. The second-order valence-electron chi connectivity index (χ2n) is 7.39. The molecule has 0 bridgehead atoms. The Morgan fingerprint density at radius 2 is 2.08 bits per heavy atom. The third kappa shape index (κ3) is 9.45. The van der Waals surface area contributed by atoms with Gasteiger partial charge in [-0.15, -0.1) is 0 Å². The van der Waals surface area contributed by atoms with Gasteiger partial charge in [-0.05, 0) is 44.3 Å². The number of rotatable bonds is 13. The number of carbonyl (C=O) groups is 2.